The molecule has 4 rings (SSSR count). The number of fused-ring (bicyclic) bond motifs is 1. The number of rotatable bonds is 8. The van der Waals surface area contributed by atoms with Gasteiger partial charge >= 0.3 is 29.6 Å². The van der Waals surface area contributed by atoms with Crippen LogP contribution in [0.3, 0.4) is 0 Å². The van der Waals surface area contributed by atoms with Crippen LogP contribution in [0.25, 0.3) is 0 Å². The molecule has 35 heavy (non-hydrogen) atoms. The molecule has 0 fully saturated rings. The summed E-state index contributed by atoms with van der Waals surface area (Å²) in [6, 6.07) is 16.5. The van der Waals surface area contributed by atoms with Gasteiger partial charge in [-0.1, -0.05) is 35.4 Å². The summed E-state index contributed by atoms with van der Waals surface area (Å²) in [4.78, 5) is 24.0. The van der Waals surface area contributed by atoms with Crippen LogP contribution in [0.5, 0.6) is 17.2 Å². The van der Waals surface area contributed by atoms with Crippen molar-refractivity contribution in [2.75, 3.05) is 6.61 Å². The van der Waals surface area contributed by atoms with E-state index in [1.165, 1.54) is 16.7 Å². The third-order valence-electron chi connectivity index (χ3n) is 6.14. The minimum absolute atomic E-state index is 0. The van der Waals surface area contributed by atoms with E-state index >= 15 is 0 Å². The number of carbonyl (C=O) groups is 2. The third kappa shape index (κ3) is 6.68. The van der Waals surface area contributed by atoms with E-state index in [4.69, 9.17) is 21.1 Å². The Morgan fingerprint density at radius 1 is 1.09 bits per heavy atom. The maximum absolute atomic E-state index is 12.6. The second-order valence-corrected chi connectivity index (χ2v) is 9.07. The Bertz CT molecular complexity index is 1220. The summed E-state index contributed by atoms with van der Waals surface area (Å²) in [6.45, 7) is 4.46. The first-order valence-corrected chi connectivity index (χ1v) is 11.7. The van der Waals surface area contributed by atoms with Gasteiger partial charge in [-0.3, -0.25) is 4.79 Å². The molecule has 0 radical (unpaired) electrons. The second kappa shape index (κ2) is 12.1. The van der Waals surface area contributed by atoms with Crippen molar-refractivity contribution in [2.24, 2.45) is 0 Å². The van der Waals surface area contributed by atoms with Gasteiger partial charge < -0.3 is 19.4 Å². The first kappa shape index (κ1) is 27.3. The smallest absolute Gasteiger partial charge is 0.549 e. The number of aliphatic carboxylic acids is 1. The van der Waals surface area contributed by atoms with Gasteiger partial charge in [0.05, 0.1) is 11.6 Å². The number of halogens is 1. The molecule has 1 aliphatic heterocycles. The Morgan fingerprint density at radius 3 is 2.51 bits per heavy atom. The number of aryl methyl sites for hydroxylation is 3. The summed E-state index contributed by atoms with van der Waals surface area (Å²) in [5.41, 5.74) is 4.90. The fraction of sp³-hybridized carbons (Fsp3) is 0.286. The zero-order chi connectivity index (χ0) is 24.2. The molecule has 0 amide bonds. The quantitative estimate of drug-likeness (QED) is 0.351. The van der Waals surface area contributed by atoms with E-state index in [-0.39, 0.29) is 47.0 Å². The molecular formula is C28H26ClNaO5. The van der Waals surface area contributed by atoms with Gasteiger partial charge in [-0.05, 0) is 74.6 Å². The van der Waals surface area contributed by atoms with E-state index in [9.17, 15) is 14.7 Å². The standard InChI is InChI=1S/C28H27ClO5.Na/c1-17-6-7-19(18(2)14-17)4-3-5-25(30)20-8-10-21(11-9-20)34-27-16-26-23(15-24(27)29)22(28(31)32)12-13-33-26;/h6-11,14-16,22H,3-5,12-13H2,1-2H3,(H,31,32);/q;+1/p-1. The summed E-state index contributed by atoms with van der Waals surface area (Å²) in [6.07, 6.45) is 2.47. The molecule has 0 spiro atoms. The Hall–Kier alpha value is -2.31. The molecule has 3 aromatic carbocycles. The van der Waals surface area contributed by atoms with Crippen molar-refractivity contribution in [1.29, 1.82) is 0 Å². The molecular weight excluding hydrogens is 475 g/mol. The predicted molar refractivity (Wildman–Crippen MR) is 129 cm³/mol. The van der Waals surface area contributed by atoms with Crippen molar-refractivity contribution in [2.45, 2.75) is 45.4 Å². The van der Waals surface area contributed by atoms with E-state index in [1.807, 2.05) is 0 Å². The zero-order valence-corrected chi connectivity index (χ0v) is 23.0. The largest absolute Gasteiger partial charge is 1.00 e. The van der Waals surface area contributed by atoms with Crippen LogP contribution in [0.15, 0.2) is 54.6 Å². The summed E-state index contributed by atoms with van der Waals surface area (Å²) >= 11 is 6.34. The molecule has 1 atom stereocenters. The van der Waals surface area contributed by atoms with Crippen molar-refractivity contribution in [3.05, 3.63) is 87.4 Å². The number of hydrogen-bond donors (Lipinski definition) is 0. The molecule has 0 saturated carbocycles. The third-order valence-corrected chi connectivity index (χ3v) is 6.44. The van der Waals surface area contributed by atoms with Crippen LogP contribution in [0.1, 0.15) is 57.8 Å². The molecule has 0 bridgehead atoms. The van der Waals surface area contributed by atoms with Crippen molar-refractivity contribution < 1.29 is 53.7 Å². The van der Waals surface area contributed by atoms with Crippen LogP contribution < -0.4 is 44.1 Å². The minimum Gasteiger partial charge on any atom is -0.549 e. The molecule has 1 aliphatic rings. The number of carboxylic acids is 1. The molecule has 5 nitrogen and oxygen atoms in total. The first-order valence-electron chi connectivity index (χ1n) is 11.4. The van der Waals surface area contributed by atoms with Crippen LogP contribution >= 0.6 is 11.6 Å². The number of carboxylic acid groups (broad SMARTS) is 1. The molecule has 3 aromatic rings. The number of ketones is 1. The van der Waals surface area contributed by atoms with Gasteiger partial charge in [0.25, 0.3) is 0 Å². The van der Waals surface area contributed by atoms with Gasteiger partial charge in [0.15, 0.2) is 5.78 Å². The minimum atomic E-state index is -1.15. The number of ether oxygens (including phenoxy) is 2. The zero-order valence-electron chi connectivity index (χ0n) is 20.2. The molecule has 176 valence electrons. The van der Waals surface area contributed by atoms with Gasteiger partial charge in [0.1, 0.15) is 17.2 Å². The Labute approximate surface area is 232 Å². The summed E-state index contributed by atoms with van der Waals surface area (Å²) in [5, 5.41) is 11.7. The van der Waals surface area contributed by atoms with Crippen molar-refractivity contribution in [3.63, 3.8) is 0 Å². The van der Waals surface area contributed by atoms with Gasteiger partial charge in [0, 0.05) is 35.5 Å². The topological polar surface area (TPSA) is 75.7 Å². The van der Waals surface area contributed by atoms with Crippen molar-refractivity contribution in [1.82, 2.24) is 0 Å². The van der Waals surface area contributed by atoms with E-state index < -0.39 is 11.9 Å². The molecule has 7 heteroatoms. The fourth-order valence-corrected chi connectivity index (χ4v) is 4.47. The number of benzene rings is 3. The summed E-state index contributed by atoms with van der Waals surface area (Å²) in [5.74, 6) is -0.521. The van der Waals surface area contributed by atoms with Crippen LogP contribution in [0.2, 0.25) is 5.02 Å². The Balaban J connectivity index is 0.00000342. The normalized spacial score (nSPS) is 14.3. The Morgan fingerprint density at radius 2 is 1.83 bits per heavy atom. The van der Waals surface area contributed by atoms with Gasteiger partial charge in [-0.2, -0.15) is 0 Å². The fourth-order valence-electron chi connectivity index (χ4n) is 4.26. The van der Waals surface area contributed by atoms with E-state index in [0.29, 0.717) is 41.2 Å². The van der Waals surface area contributed by atoms with Crippen LogP contribution in [-0.2, 0) is 11.2 Å². The molecule has 0 N–H and O–H groups in total. The van der Waals surface area contributed by atoms with Crippen LogP contribution in [0.4, 0.5) is 0 Å². The molecule has 0 aliphatic carbocycles. The molecule has 0 aromatic heterocycles. The average Bonchev–Trinajstić information content (AvgIpc) is 2.81. The van der Waals surface area contributed by atoms with Crippen LogP contribution in [-0.4, -0.2) is 18.4 Å². The van der Waals surface area contributed by atoms with Gasteiger partial charge in [-0.15, -0.1) is 0 Å². The first-order chi connectivity index (χ1) is 16.3. The van der Waals surface area contributed by atoms with Crippen LogP contribution in [0, 0.1) is 13.8 Å². The van der Waals surface area contributed by atoms with E-state index in [0.717, 1.165) is 12.8 Å². The monoisotopic (exact) mass is 500 g/mol. The average molecular weight is 501 g/mol. The van der Waals surface area contributed by atoms with E-state index in [2.05, 4.69) is 32.0 Å². The summed E-state index contributed by atoms with van der Waals surface area (Å²) < 4.78 is 11.5. The maximum Gasteiger partial charge on any atom is 1.00 e. The second-order valence-electron chi connectivity index (χ2n) is 8.66. The SMILES string of the molecule is Cc1ccc(CCCC(=O)c2ccc(Oc3cc4c(cc3Cl)C(C(=O)[O-])CCO4)cc2)c(C)c1.[Na+]. The van der Waals surface area contributed by atoms with Crippen molar-refractivity contribution in [3.8, 4) is 17.2 Å². The molecule has 0 saturated heterocycles. The Kier molecular flexibility index (Phi) is 9.42. The van der Waals surface area contributed by atoms with Gasteiger partial charge in [0.2, 0.25) is 0 Å². The van der Waals surface area contributed by atoms with Crippen molar-refractivity contribution >= 4 is 23.4 Å². The number of Topliss-reactive ketones (excluding diaryl/α,β-unsaturated/α-hetero) is 1. The summed E-state index contributed by atoms with van der Waals surface area (Å²) in [7, 11) is 0. The number of hydrogen-bond acceptors (Lipinski definition) is 5. The van der Waals surface area contributed by atoms with Gasteiger partial charge in [-0.25, -0.2) is 0 Å². The number of carbonyl (C=O) groups excluding carboxylic acids is 2. The predicted octanol–water partition coefficient (Wildman–Crippen LogP) is 2.57. The molecule has 1 unspecified atom stereocenters. The molecule has 1 heterocycles. The van der Waals surface area contributed by atoms with E-state index in [1.54, 1.807) is 36.4 Å². The maximum atomic E-state index is 12.6.